The van der Waals surface area contributed by atoms with Crippen LogP contribution in [0.3, 0.4) is 0 Å². The number of para-hydroxylation sites is 1. The summed E-state index contributed by atoms with van der Waals surface area (Å²) >= 11 is 8.18. The summed E-state index contributed by atoms with van der Waals surface area (Å²) in [6.45, 7) is 0.760. The highest BCUT2D eigenvalue weighted by atomic mass is 35.5. The molecule has 2 fully saturated rings. The predicted octanol–water partition coefficient (Wildman–Crippen LogP) is 4.65. The summed E-state index contributed by atoms with van der Waals surface area (Å²) in [6, 6.07) is 15.7. The van der Waals surface area contributed by atoms with Crippen molar-refractivity contribution in [2.45, 2.75) is 23.6 Å². The fraction of sp³-hybridized carbons (Fsp3) is 0.350. The molecule has 1 saturated heterocycles. The molecule has 4 rings (SSSR count). The summed E-state index contributed by atoms with van der Waals surface area (Å²) in [5.41, 5.74) is 1.60. The highest BCUT2D eigenvalue weighted by Crippen LogP contribution is 2.55. The van der Waals surface area contributed by atoms with Crippen LogP contribution in [-0.2, 0) is 10.2 Å². The molecule has 1 unspecified atom stereocenters. The average molecular weight is 374 g/mol. The summed E-state index contributed by atoms with van der Waals surface area (Å²) < 4.78 is 5.52. The topological polar surface area (TPSA) is 29.5 Å². The van der Waals surface area contributed by atoms with Gasteiger partial charge >= 0.3 is 0 Å². The maximum absolute atomic E-state index is 13.5. The fourth-order valence-electron chi connectivity index (χ4n) is 3.65. The summed E-state index contributed by atoms with van der Waals surface area (Å²) in [7, 11) is 1.66. The van der Waals surface area contributed by atoms with Gasteiger partial charge in [-0.2, -0.15) is 0 Å². The number of thioether (sulfide) groups is 1. The lowest BCUT2D eigenvalue weighted by Crippen LogP contribution is -2.39. The van der Waals surface area contributed by atoms with Gasteiger partial charge < -0.3 is 9.64 Å². The molecule has 1 saturated carbocycles. The van der Waals surface area contributed by atoms with Gasteiger partial charge in [-0.05, 0) is 25.0 Å². The maximum Gasteiger partial charge on any atom is 0.234 e. The number of hydrogen-bond donors (Lipinski definition) is 0. The van der Waals surface area contributed by atoms with Crippen molar-refractivity contribution in [3.8, 4) is 5.75 Å². The molecule has 0 bridgehead atoms. The summed E-state index contributed by atoms with van der Waals surface area (Å²) in [4.78, 5) is 15.5. The van der Waals surface area contributed by atoms with E-state index in [0.29, 0.717) is 0 Å². The summed E-state index contributed by atoms with van der Waals surface area (Å²) in [6.07, 6.45) is 1.76. The maximum atomic E-state index is 13.5. The van der Waals surface area contributed by atoms with Gasteiger partial charge in [-0.15, -0.1) is 11.8 Å². The third-order valence-electron chi connectivity index (χ3n) is 5.11. The predicted molar refractivity (Wildman–Crippen MR) is 102 cm³/mol. The summed E-state index contributed by atoms with van der Waals surface area (Å²) in [5.74, 6) is 1.94. The van der Waals surface area contributed by atoms with Crippen LogP contribution in [0.15, 0.2) is 48.5 Å². The molecule has 1 aliphatic heterocycles. The van der Waals surface area contributed by atoms with Crippen LogP contribution in [0.4, 0.5) is 0 Å². The molecule has 130 valence electrons. The van der Waals surface area contributed by atoms with Crippen molar-refractivity contribution in [1.82, 2.24) is 4.90 Å². The van der Waals surface area contributed by atoms with Crippen molar-refractivity contribution in [2.75, 3.05) is 19.4 Å². The number of benzene rings is 2. The first-order valence-corrected chi connectivity index (χ1v) is 9.91. The Balaban J connectivity index is 1.67. The lowest BCUT2D eigenvalue weighted by molar-refractivity contribution is -0.134. The normalized spacial score (nSPS) is 21.2. The Hall–Kier alpha value is -1.65. The first-order valence-electron chi connectivity index (χ1n) is 8.48. The van der Waals surface area contributed by atoms with Gasteiger partial charge in [0, 0.05) is 28.4 Å². The van der Waals surface area contributed by atoms with Crippen molar-refractivity contribution < 1.29 is 9.53 Å². The standard InChI is InChI=1S/C20H20ClNO2S/c1-24-17-9-5-3-7-15(17)20(10-11-20)19(23)22-12-13-25-18(22)14-6-2-4-8-16(14)21/h2-9,18H,10-13H2,1H3. The molecular formula is C20H20ClNO2S. The van der Waals surface area contributed by atoms with Gasteiger partial charge in [-0.25, -0.2) is 0 Å². The summed E-state index contributed by atoms with van der Waals surface area (Å²) in [5, 5.41) is 0.718. The van der Waals surface area contributed by atoms with Crippen molar-refractivity contribution in [3.63, 3.8) is 0 Å². The Morgan fingerprint density at radius 3 is 2.64 bits per heavy atom. The zero-order chi connectivity index (χ0) is 17.4. The minimum absolute atomic E-state index is 0.00613. The number of rotatable bonds is 4. The molecule has 25 heavy (non-hydrogen) atoms. The van der Waals surface area contributed by atoms with Gasteiger partial charge in [0.2, 0.25) is 5.91 Å². The van der Waals surface area contributed by atoms with Gasteiger partial charge in [-0.3, -0.25) is 4.79 Å². The van der Waals surface area contributed by atoms with Crippen LogP contribution in [0.1, 0.15) is 29.3 Å². The minimum atomic E-state index is -0.434. The Morgan fingerprint density at radius 1 is 1.20 bits per heavy atom. The molecule has 3 nitrogen and oxygen atoms in total. The van der Waals surface area contributed by atoms with Gasteiger partial charge in [-0.1, -0.05) is 48.0 Å². The largest absolute Gasteiger partial charge is 0.496 e. The molecule has 0 N–H and O–H groups in total. The van der Waals surface area contributed by atoms with Gasteiger partial charge in [0.1, 0.15) is 11.1 Å². The van der Waals surface area contributed by atoms with E-state index in [1.54, 1.807) is 18.9 Å². The third-order valence-corrected chi connectivity index (χ3v) is 6.69. The van der Waals surface area contributed by atoms with E-state index in [0.717, 1.165) is 47.0 Å². The zero-order valence-electron chi connectivity index (χ0n) is 14.1. The number of carbonyl (C=O) groups excluding carboxylic acids is 1. The van der Waals surface area contributed by atoms with E-state index in [4.69, 9.17) is 16.3 Å². The van der Waals surface area contributed by atoms with Gasteiger partial charge in [0.05, 0.1) is 12.5 Å². The lowest BCUT2D eigenvalue weighted by atomic mass is 9.93. The van der Waals surface area contributed by atoms with E-state index in [2.05, 4.69) is 0 Å². The van der Waals surface area contributed by atoms with Crippen molar-refractivity contribution in [1.29, 1.82) is 0 Å². The third kappa shape index (κ3) is 2.81. The molecule has 0 aromatic heterocycles. The van der Waals surface area contributed by atoms with E-state index in [9.17, 15) is 4.79 Å². The monoisotopic (exact) mass is 373 g/mol. The molecule has 0 spiro atoms. The Bertz CT molecular complexity index is 806. The fourth-order valence-corrected chi connectivity index (χ4v) is 5.24. The molecule has 2 aliphatic rings. The number of ether oxygens (including phenoxy) is 1. The van der Waals surface area contributed by atoms with E-state index >= 15 is 0 Å². The number of amides is 1. The Morgan fingerprint density at radius 2 is 1.92 bits per heavy atom. The van der Waals surface area contributed by atoms with Crippen LogP contribution >= 0.6 is 23.4 Å². The molecule has 5 heteroatoms. The molecule has 0 radical (unpaired) electrons. The number of halogens is 1. The second-order valence-electron chi connectivity index (χ2n) is 6.53. The Kier molecular flexibility index (Phi) is 4.42. The van der Waals surface area contributed by atoms with Gasteiger partial charge in [0.15, 0.2) is 0 Å². The molecular weight excluding hydrogens is 354 g/mol. The molecule has 1 heterocycles. The molecule has 2 aromatic carbocycles. The van der Waals surface area contributed by atoms with Crippen LogP contribution in [-0.4, -0.2) is 30.2 Å². The average Bonchev–Trinajstić information content (AvgIpc) is 3.32. The quantitative estimate of drug-likeness (QED) is 0.781. The molecule has 1 amide bonds. The molecule has 2 aromatic rings. The first kappa shape index (κ1) is 16.8. The minimum Gasteiger partial charge on any atom is -0.496 e. The van der Waals surface area contributed by atoms with Gasteiger partial charge in [0.25, 0.3) is 0 Å². The lowest BCUT2D eigenvalue weighted by Gasteiger charge is -2.29. The smallest absolute Gasteiger partial charge is 0.234 e. The molecule has 1 aliphatic carbocycles. The second kappa shape index (κ2) is 6.58. The van der Waals surface area contributed by atoms with Crippen LogP contribution in [0, 0.1) is 0 Å². The van der Waals surface area contributed by atoms with E-state index in [1.165, 1.54) is 0 Å². The van der Waals surface area contributed by atoms with Crippen molar-refractivity contribution in [2.24, 2.45) is 0 Å². The SMILES string of the molecule is COc1ccccc1C1(C(=O)N2CCSC2c2ccccc2Cl)CC1. The number of methoxy groups -OCH3 is 1. The second-order valence-corrected chi connectivity index (χ2v) is 8.12. The zero-order valence-corrected chi connectivity index (χ0v) is 15.6. The number of hydrogen-bond acceptors (Lipinski definition) is 3. The van der Waals surface area contributed by atoms with E-state index in [1.807, 2.05) is 53.4 Å². The molecule has 1 atom stereocenters. The number of nitrogens with zero attached hydrogens (tertiary/aromatic N) is 1. The van der Waals surface area contributed by atoms with Crippen molar-refractivity contribution >= 4 is 29.3 Å². The first-order chi connectivity index (χ1) is 12.2. The van der Waals surface area contributed by atoms with Crippen LogP contribution in [0.2, 0.25) is 5.02 Å². The van der Waals surface area contributed by atoms with Crippen molar-refractivity contribution in [3.05, 3.63) is 64.7 Å². The highest BCUT2D eigenvalue weighted by molar-refractivity contribution is 7.99. The number of carbonyl (C=O) groups is 1. The van der Waals surface area contributed by atoms with Crippen LogP contribution in [0.5, 0.6) is 5.75 Å². The Labute approximate surface area is 157 Å². The highest BCUT2D eigenvalue weighted by Gasteiger charge is 2.56. The van der Waals surface area contributed by atoms with Crippen LogP contribution in [0.25, 0.3) is 0 Å². The van der Waals surface area contributed by atoms with Crippen LogP contribution < -0.4 is 4.74 Å². The van der Waals surface area contributed by atoms with E-state index < -0.39 is 5.41 Å². The van der Waals surface area contributed by atoms with E-state index in [-0.39, 0.29) is 11.3 Å².